The van der Waals surface area contributed by atoms with Crippen LogP contribution in [0.25, 0.3) is 5.57 Å². The molecule has 3 aromatic rings. The molecular weight excluding hydrogens is 426 g/mol. The van der Waals surface area contributed by atoms with Gasteiger partial charge in [0, 0.05) is 34.4 Å². The average molecular weight is 446 g/mol. The van der Waals surface area contributed by atoms with Crippen molar-refractivity contribution in [2.45, 2.75) is 25.7 Å². The summed E-state index contributed by atoms with van der Waals surface area (Å²) in [4.78, 5) is 33.2. The van der Waals surface area contributed by atoms with Crippen LogP contribution in [0.2, 0.25) is 0 Å². The summed E-state index contributed by atoms with van der Waals surface area (Å²) in [5.41, 5.74) is 3.51. The van der Waals surface area contributed by atoms with Crippen molar-refractivity contribution < 1.29 is 18.4 Å². The summed E-state index contributed by atoms with van der Waals surface area (Å²) in [6, 6.07) is 11.5. The molecule has 0 bridgehead atoms. The third-order valence-corrected chi connectivity index (χ3v) is 5.92. The fraction of sp³-hybridized carbons (Fsp3) is 0.200. The third-order valence-electron chi connectivity index (χ3n) is 5.92. The standard InChI is InChI=1S/C25H20F2N4O2/c26-15-11-14(12-16(27)13-15)24(32)30-18-7-5-17(6-8-18)29-21-9-10-28-23-22(21)19-3-1-2-4-20(19)25(33)31-23/h5-13,20,29H,1-4H2,(H,30,32). The van der Waals surface area contributed by atoms with Crippen molar-refractivity contribution in [3.8, 4) is 0 Å². The summed E-state index contributed by atoms with van der Waals surface area (Å²) in [7, 11) is 0. The van der Waals surface area contributed by atoms with Crippen molar-refractivity contribution in [3.05, 3.63) is 82.6 Å². The molecule has 1 saturated carbocycles. The highest BCUT2D eigenvalue weighted by Crippen LogP contribution is 2.32. The molecule has 2 heterocycles. The van der Waals surface area contributed by atoms with Crippen molar-refractivity contribution in [1.29, 1.82) is 0 Å². The Morgan fingerprint density at radius 3 is 2.45 bits per heavy atom. The number of anilines is 3. The van der Waals surface area contributed by atoms with Crippen molar-refractivity contribution in [2.24, 2.45) is 10.9 Å². The van der Waals surface area contributed by atoms with Gasteiger partial charge in [-0.15, -0.1) is 0 Å². The van der Waals surface area contributed by atoms with Gasteiger partial charge in [0.15, 0.2) is 5.49 Å². The number of aromatic nitrogens is 1. The van der Waals surface area contributed by atoms with Crippen LogP contribution < -0.4 is 21.3 Å². The summed E-state index contributed by atoms with van der Waals surface area (Å²) in [5, 5.41) is 6.89. The second-order valence-electron chi connectivity index (χ2n) is 8.15. The lowest BCUT2D eigenvalue weighted by Crippen LogP contribution is -2.41. The van der Waals surface area contributed by atoms with E-state index in [-0.39, 0.29) is 17.4 Å². The van der Waals surface area contributed by atoms with Gasteiger partial charge in [0.1, 0.15) is 11.6 Å². The van der Waals surface area contributed by atoms with Crippen LogP contribution in [0, 0.1) is 17.6 Å². The van der Waals surface area contributed by atoms with E-state index in [0.29, 0.717) is 17.2 Å². The van der Waals surface area contributed by atoms with Gasteiger partial charge >= 0.3 is 0 Å². The number of rotatable bonds is 4. The van der Waals surface area contributed by atoms with E-state index in [1.165, 1.54) is 0 Å². The molecule has 2 aliphatic rings. The lowest BCUT2D eigenvalue weighted by molar-refractivity contribution is -0.120. The second kappa shape index (κ2) is 8.54. The number of carbonyl (C=O) groups is 2. The molecule has 0 radical (unpaired) electrons. The number of halogens is 2. The number of nitrogens with zero attached hydrogens (tertiary/aromatic N) is 2. The Balaban J connectivity index is 1.39. The van der Waals surface area contributed by atoms with Crippen LogP contribution in [0.5, 0.6) is 0 Å². The normalized spacial score (nSPS) is 17.0. The second-order valence-corrected chi connectivity index (χ2v) is 8.15. The van der Waals surface area contributed by atoms with Gasteiger partial charge in [0.25, 0.3) is 11.8 Å². The molecule has 1 unspecified atom stereocenters. The maximum Gasteiger partial charge on any atom is 0.255 e. The summed E-state index contributed by atoms with van der Waals surface area (Å²) in [6.45, 7) is 0. The van der Waals surface area contributed by atoms with Gasteiger partial charge in [0.2, 0.25) is 0 Å². The predicted molar refractivity (Wildman–Crippen MR) is 119 cm³/mol. The van der Waals surface area contributed by atoms with E-state index in [1.54, 1.807) is 30.5 Å². The maximum absolute atomic E-state index is 13.4. The first-order valence-electron chi connectivity index (χ1n) is 10.7. The number of benzene rings is 2. The Hall–Kier alpha value is -3.94. The van der Waals surface area contributed by atoms with E-state index in [2.05, 4.69) is 20.6 Å². The van der Waals surface area contributed by atoms with Gasteiger partial charge in [-0.05, 0) is 67.3 Å². The van der Waals surface area contributed by atoms with E-state index < -0.39 is 17.5 Å². The molecular formula is C25H20F2N4O2. The summed E-state index contributed by atoms with van der Waals surface area (Å²) in [6.07, 6.45) is 5.34. The highest BCUT2D eigenvalue weighted by Gasteiger charge is 2.30. The molecule has 166 valence electrons. The van der Waals surface area contributed by atoms with Crippen molar-refractivity contribution >= 4 is 34.4 Å². The molecule has 5 rings (SSSR count). The van der Waals surface area contributed by atoms with E-state index in [9.17, 15) is 18.4 Å². The van der Waals surface area contributed by atoms with E-state index in [1.807, 2.05) is 6.07 Å². The van der Waals surface area contributed by atoms with Gasteiger partial charge in [0.05, 0.1) is 11.6 Å². The molecule has 2 N–H and O–H groups in total. The summed E-state index contributed by atoms with van der Waals surface area (Å²) >= 11 is 0. The molecule has 0 spiro atoms. The Morgan fingerprint density at radius 1 is 0.970 bits per heavy atom. The first-order chi connectivity index (χ1) is 16.0. The number of hydrogen-bond donors (Lipinski definition) is 2. The predicted octanol–water partition coefficient (Wildman–Crippen LogP) is 3.86. The minimum Gasteiger partial charge on any atom is -0.355 e. The Morgan fingerprint density at radius 2 is 1.70 bits per heavy atom. The van der Waals surface area contributed by atoms with Crippen LogP contribution in [0.15, 0.2) is 59.7 Å². The molecule has 33 heavy (non-hydrogen) atoms. The molecule has 2 aromatic carbocycles. The number of pyridine rings is 1. The summed E-state index contributed by atoms with van der Waals surface area (Å²) in [5.74, 6) is -2.51. The summed E-state index contributed by atoms with van der Waals surface area (Å²) < 4.78 is 26.7. The third kappa shape index (κ3) is 4.24. The average Bonchev–Trinajstić information content (AvgIpc) is 2.80. The lowest BCUT2D eigenvalue weighted by atomic mass is 9.81. The van der Waals surface area contributed by atoms with E-state index in [4.69, 9.17) is 0 Å². The fourth-order valence-corrected chi connectivity index (χ4v) is 4.40. The van der Waals surface area contributed by atoms with Crippen LogP contribution >= 0.6 is 0 Å². The number of carbonyl (C=O) groups excluding carboxylic acids is 2. The van der Waals surface area contributed by atoms with E-state index >= 15 is 0 Å². The zero-order valence-corrected chi connectivity index (χ0v) is 17.6. The monoisotopic (exact) mass is 446 g/mol. The molecule has 8 heteroatoms. The molecule has 6 nitrogen and oxygen atoms in total. The first kappa shape index (κ1) is 20.9. The minimum absolute atomic E-state index is 0.101. The molecule has 1 aromatic heterocycles. The van der Waals surface area contributed by atoms with Crippen LogP contribution in [-0.2, 0) is 4.79 Å². The van der Waals surface area contributed by atoms with E-state index in [0.717, 1.165) is 60.0 Å². The van der Waals surface area contributed by atoms with Gasteiger partial charge in [-0.3, -0.25) is 9.59 Å². The maximum atomic E-state index is 13.4. The van der Waals surface area contributed by atoms with Crippen molar-refractivity contribution in [2.75, 3.05) is 10.6 Å². The Kier molecular flexibility index (Phi) is 5.42. The highest BCUT2D eigenvalue weighted by molar-refractivity contribution is 6.04. The van der Waals surface area contributed by atoms with Gasteiger partial charge in [-0.2, -0.15) is 4.99 Å². The topological polar surface area (TPSA) is 83.5 Å². The highest BCUT2D eigenvalue weighted by atomic mass is 19.1. The molecule has 2 amide bonds. The van der Waals surface area contributed by atoms with Crippen LogP contribution in [-0.4, -0.2) is 16.8 Å². The van der Waals surface area contributed by atoms with Gasteiger partial charge in [-0.25, -0.2) is 13.8 Å². The van der Waals surface area contributed by atoms with Gasteiger partial charge < -0.3 is 10.6 Å². The minimum atomic E-state index is -0.813. The lowest BCUT2D eigenvalue weighted by Gasteiger charge is -2.25. The number of fused-ring (bicyclic) bond motifs is 2. The zero-order chi connectivity index (χ0) is 22.9. The number of nitrogens with one attached hydrogen (secondary N) is 2. The number of amides is 2. The molecule has 0 saturated heterocycles. The van der Waals surface area contributed by atoms with Crippen LogP contribution in [0.3, 0.4) is 0 Å². The largest absolute Gasteiger partial charge is 0.355 e. The molecule has 1 aliphatic carbocycles. The van der Waals surface area contributed by atoms with Crippen molar-refractivity contribution in [3.63, 3.8) is 0 Å². The molecule has 1 atom stereocenters. The SMILES string of the molecule is O=C(Nc1ccc(Nc2ccnc3c2=C2CCCCC2C(=O)N=3)cc1)c1cc(F)cc(F)c1. The Labute approximate surface area is 188 Å². The van der Waals surface area contributed by atoms with Gasteiger partial charge in [-0.1, -0.05) is 6.42 Å². The smallest absolute Gasteiger partial charge is 0.255 e. The quantitative estimate of drug-likeness (QED) is 0.638. The fourth-order valence-electron chi connectivity index (χ4n) is 4.40. The van der Waals surface area contributed by atoms with Crippen LogP contribution in [0.4, 0.5) is 25.8 Å². The van der Waals surface area contributed by atoms with Crippen molar-refractivity contribution in [1.82, 2.24) is 4.98 Å². The van der Waals surface area contributed by atoms with Crippen LogP contribution in [0.1, 0.15) is 36.0 Å². The zero-order valence-electron chi connectivity index (χ0n) is 17.6. The number of hydrogen-bond acceptors (Lipinski definition) is 4. The molecule has 1 fully saturated rings. The first-order valence-corrected chi connectivity index (χ1v) is 10.7. The molecule has 1 aliphatic heterocycles. The Bertz CT molecular complexity index is 1370.